The van der Waals surface area contributed by atoms with Crippen LogP contribution < -0.4 is 14.8 Å². The van der Waals surface area contributed by atoms with Crippen LogP contribution in [0, 0.1) is 13.8 Å². The molecule has 3 aromatic rings. The molecule has 3 rings (SSSR count). The third-order valence-corrected chi connectivity index (χ3v) is 3.97. The Morgan fingerprint density at radius 2 is 1.73 bits per heavy atom. The van der Waals surface area contributed by atoms with E-state index >= 15 is 0 Å². The van der Waals surface area contributed by atoms with Crippen molar-refractivity contribution in [1.29, 1.82) is 0 Å². The first kappa shape index (κ1) is 17.6. The van der Waals surface area contributed by atoms with E-state index in [0.29, 0.717) is 11.5 Å². The summed E-state index contributed by atoms with van der Waals surface area (Å²) in [6.45, 7) is 4.17. The second-order valence-electron chi connectivity index (χ2n) is 6.00. The Morgan fingerprint density at radius 1 is 1.00 bits per heavy atom. The zero-order valence-corrected chi connectivity index (χ0v) is 15.0. The summed E-state index contributed by atoms with van der Waals surface area (Å²) in [7, 11) is 1.61. The number of aryl methyl sites for hydroxylation is 2. The molecule has 134 valence electrons. The molecule has 0 aliphatic rings. The summed E-state index contributed by atoms with van der Waals surface area (Å²) in [6.07, 6.45) is 0. The lowest BCUT2D eigenvalue weighted by Crippen LogP contribution is -2.12. The molecule has 26 heavy (non-hydrogen) atoms. The van der Waals surface area contributed by atoms with Crippen LogP contribution in [0.4, 0.5) is 5.69 Å². The quantitative estimate of drug-likeness (QED) is 0.697. The van der Waals surface area contributed by atoms with Gasteiger partial charge in [0.05, 0.1) is 7.11 Å². The van der Waals surface area contributed by atoms with Crippen LogP contribution in [-0.4, -0.2) is 13.0 Å². The molecule has 5 heteroatoms. The first-order chi connectivity index (χ1) is 12.5. The Balaban J connectivity index is 1.61. The Bertz CT molecular complexity index is 897. The van der Waals surface area contributed by atoms with Gasteiger partial charge >= 0.3 is 0 Å². The van der Waals surface area contributed by atoms with Crippen molar-refractivity contribution in [2.24, 2.45) is 0 Å². The predicted octanol–water partition coefficient (Wildman–Crippen LogP) is 4.74. The molecular formula is C21H21NO4. The van der Waals surface area contributed by atoms with Gasteiger partial charge in [-0.05, 0) is 67.4 Å². The summed E-state index contributed by atoms with van der Waals surface area (Å²) >= 11 is 0. The number of hydrogen-bond donors (Lipinski definition) is 1. The number of nitrogens with one attached hydrogen (secondary N) is 1. The minimum Gasteiger partial charge on any atom is -0.497 e. The molecule has 0 radical (unpaired) electrons. The van der Waals surface area contributed by atoms with E-state index in [0.717, 1.165) is 22.6 Å². The second-order valence-corrected chi connectivity index (χ2v) is 6.00. The number of amides is 1. The molecule has 0 spiro atoms. The van der Waals surface area contributed by atoms with Crippen molar-refractivity contribution in [2.45, 2.75) is 20.5 Å². The first-order valence-electron chi connectivity index (χ1n) is 8.29. The minimum absolute atomic E-state index is 0.239. The molecule has 0 unspecified atom stereocenters. The fraction of sp³-hybridized carbons (Fsp3) is 0.190. The number of carbonyl (C=O) groups excluding carboxylic acids is 1. The second kappa shape index (κ2) is 7.78. The van der Waals surface area contributed by atoms with Crippen molar-refractivity contribution in [2.75, 3.05) is 12.4 Å². The maximum Gasteiger partial charge on any atom is 0.291 e. The lowest BCUT2D eigenvalue weighted by molar-refractivity contribution is 0.0992. The number of methoxy groups -OCH3 is 1. The van der Waals surface area contributed by atoms with Crippen molar-refractivity contribution < 1.29 is 18.7 Å². The van der Waals surface area contributed by atoms with Gasteiger partial charge in [0.25, 0.3) is 5.91 Å². The smallest absolute Gasteiger partial charge is 0.291 e. The summed E-state index contributed by atoms with van der Waals surface area (Å²) in [5.41, 5.74) is 2.86. The van der Waals surface area contributed by atoms with Gasteiger partial charge in [0.15, 0.2) is 5.76 Å². The van der Waals surface area contributed by atoms with Crippen LogP contribution in [-0.2, 0) is 6.61 Å². The molecular weight excluding hydrogens is 330 g/mol. The zero-order chi connectivity index (χ0) is 18.5. The van der Waals surface area contributed by atoms with E-state index in [1.807, 2.05) is 56.3 Å². The molecule has 5 nitrogen and oxygen atoms in total. The lowest BCUT2D eigenvalue weighted by atomic mass is 10.1. The van der Waals surface area contributed by atoms with Gasteiger partial charge in [-0.2, -0.15) is 0 Å². The molecule has 1 aromatic heterocycles. The van der Waals surface area contributed by atoms with Crippen LogP contribution in [0.1, 0.15) is 27.4 Å². The van der Waals surface area contributed by atoms with Gasteiger partial charge in [-0.1, -0.05) is 12.1 Å². The summed E-state index contributed by atoms with van der Waals surface area (Å²) in [5, 5.41) is 2.88. The van der Waals surface area contributed by atoms with E-state index in [9.17, 15) is 4.79 Å². The molecule has 1 heterocycles. The molecule has 0 saturated heterocycles. The SMILES string of the molecule is COc1ccc(OCc2ccc(C(=O)Nc3cc(C)ccc3C)o2)cc1. The zero-order valence-electron chi connectivity index (χ0n) is 15.0. The number of furan rings is 1. The van der Waals surface area contributed by atoms with Gasteiger partial charge in [-0.3, -0.25) is 4.79 Å². The largest absolute Gasteiger partial charge is 0.497 e. The van der Waals surface area contributed by atoms with Gasteiger partial charge in [-0.25, -0.2) is 0 Å². The summed E-state index contributed by atoms with van der Waals surface area (Å²) < 4.78 is 16.4. The number of carbonyl (C=O) groups is 1. The van der Waals surface area contributed by atoms with Crippen LogP contribution in [0.2, 0.25) is 0 Å². The van der Waals surface area contributed by atoms with E-state index in [4.69, 9.17) is 13.9 Å². The van der Waals surface area contributed by atoms with E-state index in [-0.39, 0.29) is 18.3 Å². The molecule has 0 bridgehead atoms. The molecule has 0 fully saturated rings. The van der Waals surface area contributed by atoms with Gasteiger partial charge in [-0.15, -0.1) is 0 Å². The number of hydrogen-bond acceptors (Lipinski definition) is 4. The van der Waals surface area contributed by atoms with E-state index in [1.54, 1.807) is 19.2 Å². The Kier molecular flexibility index (Phi) is 5.27. The Morgan fingerprint density at radius 3 is 2.46 bits per heavy atom. The normalized spacial score (nSPS) is 10.4. The van der Waals surface area contributed by atoms with Crippen molar-refractivity contribution >= 4 is 11.6 Å². The summed E-state index contributed by atoms with van der Waals surface area (Å²) in [5.74, 6) is 2.00. The Hall–Kier alpha value is -3.21. The molecule has 2 aromatic carbocycles. The van der Waals surface area contributed by atoms with Gasteiger partial charge < -0.3 is 19.2 Å². The molecule has 0 saturated carbocycles. The third-order valence-electron chi connectivity index (χ3n) is 3.97. The first-order valence-corrected chi connectivity index (χ1v) is 8.29. The standard InChI is InChI=1S/C21H21NO4/c1-14-4-5-15(2)19(12-14)22-21(23)20-11-10-18(26-20)13-25-17-8-6-16(24-3)7-9-17/h4-12H,13H2,1-3H3,(H,22,23). The molecule has 0 atom stereocenters. The average Bonchev–Trinajstić information content (AvgIpc) is 3.12. The predicted molar refractivity (Wildman–Crippen MR) is 99.9 cm³/mol. The maximum absolute atomic E-state index is 12.4. The lowest BCUT2D eigenvalue weighted by Gasteiger charge is -2.08. The van der Waals surface area contributed by atoms with Crippen molar-refractivity contribution in [3.8, 4) is 11.5 Å². The van der Waals surface area contributed by atoms with Crippen LogP contribution in [0.25, 0.3) is 0 Å². The van der Waals surface area contributed by atoms with Crippen molar-refractivity contribution in [3.63, 3.8) is 0 Å². The van der Waals surface area contributed by atoms with Crippen molar-refractivity contribution in [3.05, 3.63) is 77.2 Å². The Labute approximate surface area is 152 Å². The number of rotatable bonds is 6. The van der Waals surface area contributed by atoms with Crippen LogP contribution in [0.5, 0.6) is 11.5 Å². The van der Waals surface area contributed by atoms with Crippen molar-refractivity contribution in [1.82, 2.24) is 0 Å². The summed E-state index contributed by atoms with van der Waals surface area (Å²) in [6, 6.07) is 16.6. The fourth-order valence-corrected chi connectivity index (χ4v) is 2.46. The van der Waals surface area contributed by atoms with Crippen LogP contribution in [0.15, 0.2) is 59.0 Å². The van der Waals surface area contributed by atoms with E-state index in [1.165, 1.54) is 0 Å². The highest BCUT2D eigenvalue weighted by Crippen LogP contribution is 2.20. The monoisotopic (exact) mass is 351 g/mol. The average molecular weight is 351 g/mol. The fourth-order valence-electron chi connectivity index (χ4n) is 2.46. The maximum atomic E-state index is 12.4. The number of anilines is 1. The van der Waals surface area contributed by atoms with Crippen LogP contribution in [0.3, 0.4) is 0 Å². The van der Waals surface area contributed by atoms with Crippen LogP contribution >= 0.6 is 0 Å². The molecule has 0 aliphatic heterocycles. The number of ether oxygens (including phenoxy) is 2. The molecule has 1 N–H and O–H groups in total. The minimum atomic E-state index is -0.283. The van der Waals surface area contributed by atoms with Gasteiger partial charge in [0.1, 0.15) is 23.9 Å². The van der Waals surface area contributed by atoms with Gasteiger partial charge in [0.2, 0.25) is 0 Å². The third kappa shape index (κ3) is 4.25. The molecule has 0 aliphatic carbocycles. The van der Waals surface area contributed by atoms with E-state index in [2.05, 4.69) is 5.32 Å². The highest BCUT2D eigenvalue weighted by molar-refractivity contribution is 6.02. The van der Waals surface area contributed by atoms with E-state index < -0.39 is 0 Å². The number of benzene rings is 2. The highest BCUT2D eigenvalue weighted by atomic mass is 16.5. The molecule has 1 amide bonds. The summed E-state index contributed by atoms with van der Waals surface area (Å²) in [4.78, 5) is 12.4. The highest BCUT2D eigenvalue weighted by Gasteiger charge is 2.13. The topological polar surface area (TPSA) is 60.7 Å². The van der Waals surface area contributed by atoms with Gasteiger partial charge in [0, 0.05) is 5.69 Å².